The molecule has 46 heavy (non-hydrogen) atoms. The molecule has 10 heteroatoms. The first-order chi connectivity index (χ1) is 22.0. The van der Waals surface area contributed by atoms with Crippen LogP contribution in [0.1, 0.15) is 37.0 Å². The van der Waals surface area contributed by atoms with E-state index in [1.165, 1.54) is 24.1 Å². The Kier molecular flexibility index (Phi) is 12.0. The molecule has 1 N–H and O–H groups in total. The number of hydrogen-bond donors (Lipinski definition) is 1. The monoisotopic (exact) mass is 705 g/mol. The first-order valence-electron chi connectivity index (χ1n) is 15.1. The Balaban J connectivity index is 1.84. The van der Waals surface area contributed by atoms with Crippen molar-refractivity contribution in [1.29, 1.82) is 0 Å². The third-order valence-corrected chi connectivity index (χ3v) is 10.0. The lowest BCUT2D eigenvalue weighted by atomic mass is 10.0. The maximum atomic E-state index is 14.6. The lowest BCUT2D eigenvalue weighted by Gasteiger charge is -2.34. The number of nitrogens with zero attached hydrogens (tertiary/aromatic N) is 2. The number of anilines is 1. The molecule has 0 aromatic heterocycles. The van der Waals surface area contributed by atoms with Crippen LogP contribution in [0.4, 0.5) is 5.69 Å². The molecule has 0 saturated heterocycles. The predicted molar refractivity (Wildman–Crippen MR) is 185 cm³/mol. The van der Waals surface area contributed by atoms with E-state index >= 15 is 0 Å². The normalized spacial score (nSPS) is 12.5. The molecule has 0 bridgehead atoms. The smallest absolute Gasteiger partial charge is 0.264 e. The van der Waals surface area contributed by atoms with Crippen LogP contribution in [0.15, 0.2) is 112 Å². The van der Waals surface area contributed by atoms with Crippen molar-refractivity contribution in [2.45, 2.75) is 57.1 Å². The molecule has 0 heterocycles. The van der Waals surface area contributed by atoms with Gasteiger partial charge in [-0.25, -0.2) is 8.42 Å². The van der Waals surface area contributed by atoms with E-state index in [0.29, 0.717) is 12.2 Å². The van der Waals surface area contributed by atoms with E-state index < -0.39 is 28.5 Å². The van der Waals surface area contributed by atoms with Crippen molar-refractivity contribution < 1.29 is 22.7 Å². The zero-order chi connectivity index (χ0) is 33.3. The number of amides is 2. The zero-order valence-electron chi connectivity index (χ0n) is 26.5. The average Bonchev–Trinajstić information content (AvgIpc) is 3.05. The van der Waals surface area contributed by atoms with Crippen molar-refractivity contribution in [1.82, 2.24) is 10.2 Å². The summed E-state index contributed by atoms with van der Waals surface area (Å²) in [6.45, 7) is 5.27. The van der Waals surface area contributed by atoms with E-state index in [4.69, 9.17) is 4.74 Å². The minimum Gasteiger partial charge on any atom is -0.495 e. The molecular formula is C36H40BrN3O5S. The summed E-state index contributed by atoms with van der Waals surface area (Å²) in [7, 11) is -2.79. The fourth-order valence-corrected chi connectivity index (χ4v) is 6.89. The Morgan fingerprint density at radius 2 is 1.54 bits per heavy atom. The summed E-state index contributed by atoms with van der Waals surface area (Å²) in [6, 6.07) is 29.1. The van der Waals surface area contributed by atoms with Crippen molar-refractivity contribution in [2.24, 2.45) is 0 Å². The average molecular weight is 707 g/mol. The molecule has 8 nitrogen and oxygen atoms in total. The van der Waals surface area contributed by atoms with Crippen LogP contribution in [0.2, 0.25) is 0 Å². The molecular weight excluding hydrogens is 666 g/mol. The summed E-state index contributed by atoms with van der Waals surface area (Å²) < 4.78 is 36.0. The first-order valence-corrected chi connectivity index (χ1v) is 17.4. The molecule has 2 atom stereocenters. The Labute approximate surface area is 280 Å². The molecule has 0 spiro atoms. The lowest BCUT2D eigenvalue weighted by molar-refractivity contribution is -0.140. The van der Waals surface area contributed by atoms with Gasteiger partial charge in [-0.1, -0.05) is 95.1 Å². The van der Waals surface area contributed by atoms with E-state index in [1.54, 1.807) is 36.4 Å². The number of halogens is 1. The summed E-state index contributed by atoms with van der Waals surface area (Å²) in [5.74, 6) is -0.562. The Hall–Kier alpha value is -4.15. The van der Waals surface area contributed by atoms with Crippen LogP contribution in [0.25, 0.3) is 0 Å². The van der Waals surface area contributed by atoms with E-state index in [2.05, 4.69) is 21.2 Å². The predicted octanol–water partition coefficient (Wildman–Crippen LogP) is 6.52. The minimum absolute atomic E-state index is 0.0331. The van der Waals surface area contributed by atoms with Gasteiger partial charge in [0.2, 0.25) is 11.8 Å². The highest BCUT2D eigenvalue weighted by molar-refractivity contribution is 9.10. The zero-order valence-corrected chi connectivity index (χ0v) is 28.9. The number of methoxy groups -OCH3 is 1. The number of carbonyl (C=O) groups excluding carboxylic acids is 2. The second-order valence-electron chi connectivity index (χ2n) is 11.2. The van der Waals surface area contributed by atoms with Gasteiger partial charge in [-0.2, -0.15) is 0 Å². The number of carbonyl (C=O) groups is 2. The highest BCUT2D eigenvalue weighted by atomic mass is 79.9. The molecule has 242 valence electrons. The van der Waals surface area contributed by atoms with E-state index in [1.807, 2.05) is 75.4 Å². The second kappa shape index (κ2) is 15.9. The van der Waals surface area contributed by atoms with Crippen LogP contribution >= 0.6 is 15.9 Å². The van der Waals surface area contributed by atoms with Crippen LogP contribution in [0.3, 0.4) is 0 Å². The highest BCUT2D eigenvalue weighted by Crippen LogP contribution is 2.33. The maximum Gasteiger partial charge on any atom is 0.264 e. The van der Waals surface area contributed by atoms with Crippen molar-refractivity contribution >= 4 is 43.5 Å². The van der Waals surface area contributed by atoms with Crippen LogP contribution in [-0.4, -0.2) is 50.9 Å². The molecule has 0 aliphatic heterocycles. The van der Waals surface area contributed by atoms with Crippen molar-refractivity contribution in [3.8, 4) is 5.75 Å². The van der Waals surface area contributed by atoms with Gasteiger partial charge < -0.3 is 15.0 Å². The molecule has 0 fully saturated rings. The molecule has 0 unspecified atom stereocenters. The molecule has 0 radical (unpaired) electrons. The number of rotatable bonds is 14. The largest absolute Gasteiger partial charge is 0.495 e. The summed E-state index contributed by atoms with van der Waals surface area (Å²) in [5.41, 5.74) is 2.76. The standard InChI is InChI=1S/C36H40BrN3O5S/c1-5-27(3)38-36(42)33(23-28-12-7-6-8-13-28)39(24-29-14-11-15-30(37)22-29)35(41)25-40(32-16-9-10-17-34(32)45-4)46(43,44)31-20-18-26(2)19-21-31/h6-22,27,33H,5,23-25H2,1-4H3,(H,38,42)/t27-,33-/m1/s1. The van der Waals surface area contributed by atoms with Crippen molar-refractivity contribution in [3.05, 3.63) is 124 Å². The molecule has 4 aromatic carbocycles. The van der Waals surface area contributed by atoms with Crippen LogP contribution in [-0.2, 0) is 32.6 Å². The number of nitrogens with one attached hydrogen (secondary N) is 1. The maximum absolute atomic E-state index is 14.6. The van der Waals surface area contributed by atoms with Crippen LogP contribution in [0.5, 0.6) is 5.75 Å². The SMILES string of the molecule is CC[C@@H](C)NC(=O)[C@@H](Cc1ccccc1)N(Cc1cccc(Br)c1)C(=O)CN(c1ccccc1OC)S(=O)(=O)c1ccc(C)cc1. The van der Waals surface area contributed by atoms with Gasteiger partial charge in [0.15, 0.2) is 0 Å². The lowest BCUT2D eigenvalue weighted by Crippen LogP contribution is -2.54. The van der Waals surface area contributed by atoms with Gasteiger partial charge in [-0.05, 0) is 67.8 Å². The van der Waals surface area contributed by atoms with Crippen LogP contribution in [0, 0.1) is 6.92 Å². The molecule has 4 rings (SSSR count). The first kappa shape index (κ1) is 34.7. The van der Waals surface area contributed by atoms with Gasteiger partial charge in [0.1, 0.15) is 18.3 Å². The van der Waals surface area contributed by atoms with E-state index in [0.717, 1.165) is 25.5 Å². The van der Waals surface area contributed by atoms with Crippen molar-refractivity contribution in [2.75, 3.05) is 18.0 Å². The van der Waals surface area contributed by atoms with Crippen molar-refractivity contribution in [3.63, 3.8) is 0 Å². The van der Waals surface area contributed by atoms with Gasteiger partial charge in [-0.15, -0.1) is 0 Å². The summed E-state index contributed by atoms with van der Waals surface area (Å²) >= 11 is 3.51. The Bertz CT molecular complexity index is 1730. The van der Waals surface area contributed by atoms with Gasteiger partial charge in [0, 0.05) is 23.5 Å². The second-order valence-corrected chi connectivity index (χ2v) is 13.9. The molecule has 0 aliphatic rings. The fourth-order valence-electron chi connectivity index (χ4n) is 5.01. The topological polar surface area (TPSA) is 96.0 Å². The number of benzene rings is 4. The third-order valence-electron chi connectivity index (χ3n) is 7.76. The molecule has 2 amide bonds. The molecule has 4 aromatic rings. The number of ether oxygens (including phenoxy) is 1. The molecule has 0 saturated carbocycles. The Morgan fingerprint density at radius 1 is 0.891 bits per heavy atom. The fraction of sp³-hybridized carbons (Fsp3) is 0.278. The summed E-state index contributed by atoms with van der Waals surface area (Å²) in [4.78, 5) is 30.1. The summed E-state index contributed by atoms with van der Waals surface area (Å²) in [6.07, 6.45) is 0.946. The van der Waals surface area contributed by atoms with Crippen LogP contribution < -0.4 is 14.4 Å². The van der Waals surface area contributed by atoms with E-state index in [9.17, 15) is 18.0 Å². The molecule has 0 aliphatic carbocycles. The number of para-hydroxylation sites is 2. The van der Waals surface area contributed by atoms with Gasteiger partial charge in [-0.3, -0.25) is 13.9 Å². The number of hydrogen-bond acceptors (Lipinski definition) is 5. The quantitative estimate of drug-likeness (QED) is 0.161. The third kappa shape index (κ3) is 8.76. The van der Waals surface area contributed by atoms with Gasteiger partial charge >= 0.3 is 0 Å². The van der Waals surface area contributed by atoms with Gasteiger partial charge in [0.05, 0.1) is 17.7 Å². The minimum atomic E-state index is -4.24. The highest BCUT2D eigenvalue weighted by Gasteiger charge is 2.35. The number of aryl methyl sites for hydroxylation is 1. The summed E-state index contributed by atoms with van der Waals surface area (Å²) in [5, 5.41) is 3.05. The Morgan fingerprint density at radius 3 is 2.20 bits per heavy atom. The number of sulfonamides is 1. The van der Waals surface area contributed by atoms with Gasteiger partial charge in [0.25, 0.3) is 10.0 Å². The van der Waals surface area contributed by atoms with E-state index in [-0.39, 0.29) is 35.5 Å².